The summed E-state index contributed by atoms with van der Waals surface area (Å²) in [6.07, 6.45) is 8.01. The van der Waals surface area contributed by atoms with Gasteiger partial charge in [0.2, 0.25) is 0 Å². The molecular formula is C22H31N7O2. The number of unbranched alkanes of at least 4 members (excludes halogenated alkanes) is 2. The SMILES string of the molecule is NC(N)=NCCCCCN1CCCC(n2cc3c(nc2=O)Nc2ccccc2O3)CC1. The molecule has 1 unspecified atom stereocenters. The van der Waals surface area contributed by atoms with E-state index in [4.69, 9.17) is 16.2 Å². The van der Waals surface area contributed by atoms with Gasteiger partial charge in [-0.15, -0.1) is 0 Å². The minimum absolute atomic E-state index is 0.137. The minimum Gasteiger partial charge on any atom is -0.450 e. The lowest BCUT2D eigenvalue weighted by Gasteiger charge is -2.24. The Morgan fingerprint density at radius 1 is 1.16 bits per heavy atom. The van der Waals surface area contributed by atoms with Crippen molar-refractivity contribution in [2.24, 2.45) is 16.5 Å². The molecule has 9 nitrogen and oxygen atoms in total. The van der Waals surface area contributed by atoms with Gasteiger partial charge in [0, 0.05) is 19.1 Å². The zero-order valence-electron chi connectivity index (χ0n) is 17.8. The second-order valence-corrected chi connectivity index (χ2v) is 8.16. The molecule has 31 heavy (non-hydrogen) atoms. The Labute approximate surface area is 182 Å². The fraction of sp³-hybridized carbons (Fsp3) is 0.500. The van der Waals surface area contributed by atoms with Crippen LogP contribution in [0.25, 0.3) is 0 Å². The molecule has 5 N–H and O–H groups in total. The van der Waals surface area contributed by atoms with Gasteiger partial charge in [0.25, 0.3) is 0 Å². The van der Waals surface area contributed by atoms with Crippen molar-refractivity contribution in [3.05, 3.63) is 40.9 Å². The van der Waals surface area contributed by atoms with Crippen molar-refractivity contribution in [1.29, 1.82) is 0 Å². The maximum atomic E-state index is 12.7. The first kappa shape index (κ1) is 21.2. The van der Waals surface area contributed by atoms with Crippen LogP contribution in [0.3, 0.4) is 0 Å². The van der Waals surface area contributed by atoms with Crippen LogP contribution in [0.5, 0.6) is 11.5 Å². The first-order valence-electron chi connectivity index (χ1n) is 11.0. The maximum absolute atomic E-state index is 12.7. The number of rotatable bonds is 7. The second kappa shape index (κ2) is 9.82. The van der Waals surface area contributed by atoms with Crippen LogP contribution in [-0.2, 0) is 0 Å². The van der Waals surface area contributed by atoms with Gasteiger partial charge < -0.3 is 26.4 Å². The Bertz CT molecular complexity index is 984. The maximum Gasteiger partial charge on any atom is 0.350 e. The quantitative estimate of drug-likeness (QED) is 0.302. The van der Waals surface area contributed by atoms with Crippen LogP contribution in [0.2, 0.25) is 0 Å². The van der Waals surface area contributed by atoms with Crippen molar-refractivity contribution in [3.63, 3.8) is 0 Å². The average Bonchev–Trinajstić information content (AvgIpc) is 3.00. The Hall–Kier alpha value is -3.07. The molecule has 2 aromatic rings. The summed E-state index contributed by atoms with van der Waals surface area (Å²) in [5.41, 5.74) is 11.3. The first-order chi connectivity index (χ1) is 15.1. The van der Waals surface area contributed by atoms with E-state index in [0.717, 1.165) is 69.6 Å². The summed E-state index contributed by atoms with van der Waals surface area (Å²) in [6.45, 7) is 3.79. The van der Waals surface area contributed by atoms with Crippen molar-refractivity contribution < 1.29 is 4.74 Å². The molecular weight excluding hydrogens is 394 g/mol. The molecule has 0 aliphatic carbocycles. The largest absolute Gasteiger partial charge is 0.450 e. The molecule has 1 atom stereocenters. The van der Waals surface area contributed by atoms with E-state index in [1.165, 1.54) is 0 Å². The van der Waals surface area contributed by atoms with Gasteiger partial charge in [-0.3, -0.25) is 9.56 Å². The number of fused-ring (bicyclic) bond motifs is 2. The van der Waals surface area contributed by atoms with Gasteiger partial charge in [0.1, 0.15) is 0 Å². The third-order valence-electron chi connectivity index (χ3n) is 5.89. The Morgan fingerprint density at radius 2 is 2.03 bits per heavy atom. The number of para-hydroxylation sites is 2. The molecule has 0 amide bonds. The van der Waals surface area contributed by atoms with E-state index in [1.54, 1.807) is 4.57 Å². The number of likely N-dealkylation sites (tertiary alicyclic amines) is 1. The van der Waals surface area contributed by atoms with E-state index in [2.05, 4.69) is 20.2 Å². The van der Waals surface area contributed by atoms with Crippen LogP contribution in [-0.4, -0.2) is 46.6 Å². The van der Waals surface area contributed by atoms with Gasteiger partial charge in [0.15, 0.2) is 23.3 Å². The molecule has 4 rings (SSSR count). The first-order valence-corrected chi connectivity index (χ1v) is 11.0. The van der Waals surface area contributed by atoms with Crippen LogP contribution < -0.4 is 27.2 Å². The molecule has 0 saturated carbocycles. The van der Waals surface area contributed by atoms with E-state index in [-0.39, 0.29) is 17.7 Å². The fourth-order valence-electron chi connectivity index (χ4n) is 4.25. The topological polar surface area (TPSA) is 124 Å². The molecule has 0 radical (unpaired) electrons. The average molecular weight is 426 g/mol. The van der Waals surface area contributed by atoms with Crippen LogP contribution in [0.4, 0.5) is 11.5 Å². The predicted octanol–water partition coefficient (Wildman–Crippen LogP) is 2.56. The van der Waals surface area contributed by atoms with Crippen molar-refractivity contribution in [3.8, 4) is 11.5 Å². The van der Waals surface area contributed by atoms with Crippen molar-refractivity contribution in [2.75, 3.05) is 31.5 Å². The molecule has 1 saturated heterocycles. The summed E-state index contributed by atoms with van der Waals surface area (Å²) in [6, 6.07) is 7.80. The van der Waals surface area contributed by atoms with E-state index in [9.17, 15) is 4.79 Å². The van der Waals surface area contributed by atoms with E-state index in [0.29, 0.717) is 18.1 Å². The zero-order chi connectivity index (χ0) is 21.6. The van der Waals surface area contributed by atoms with Gasteiger partial charge in [0.05, 0.1) is 11.9 Å². The highest BCUT2D eigenvalue weighted by molar-refractivity contribution is 5.75. The minimum atomic E-state index is -0.229. The number of benzene rings is 1. The number of guanidine groups is 1. The molecule has 9 heteroatoms. The highest BCUT2D eigenvalue weighted by Crippen LogP contribution is 2.40. The van der Waals surface area contributed by atoms with Gasteiger partial charge in [-0.25, -0.2) is 4.79 Å². The fourth-order valence-corrected chi connectivity index (χ4v) is 4.25. The van der Waals surface area contributed by atoms with Crippen molar-refractivity contribution in [1.82, 2.24) is 14.5 Å². The van der Waals surface area contributed by atoms with Gasteiger partial charge in [-0.05, 0) is 57.3 Å². The molecule has 2 aliphatic heterocycles. The second-order valence-electron chi connectivity index (χ2n) is 8.16. The highest BCUT2D eigenvalue weighted by atomic mass is 16.5. The third kappa shape index (κ3) is 5.35. The van der Waals surface area contributed by atoms with Gasteiger partial charge in [-0.2, -0.15) is 4.98 Å². The third-order valence-corrected chi connectivity index (χ3v) is 5.89. The molecule has 1 aromatic heterocycles. The van der Waals surface area contributed by atoms with Crippen LogP contribution >= 0.6 is 0 Å². The Morgan fingerprint density at radius 3 is 2.90 bits per heavy atom. The number of aliphatic imine (C=N–C) groups is 1. The summed E-state index contributed by atoms with van der Waals surface area (Å²) < 4.78 is 7.75. The summed E-state index contributed by atoms with van der Waals surface area (Å²) in [4.78, 5) is 23.5. The van der Waals surface area contributed by atoms with E-state index in [1.807, 2.05) is 30.5 Å². The monoisotopic (exact) mass is 425 g/mol. The number of nitrogens with zero attached hydrogens (tertiary/aromatic N) is 4. The standard InChI is InChI=1S/C22H31N7O2/c23-21(24)25-11-4-1-5-12-28-13-6-7-16(10-14-28)29-15-19-20(27-22(29)30)26-17-8-2-3-9-18(17)31-19/h2-3,8-9,15-16H,1,4-7,10-14H2,(H4,23,24,25)(H,26,27,30). The van der Waals surface area contributed by atoms with Gasteiger partial charge in [-0.1, -0.05) is 18.6 Å². The molecule has 0 spiro atoms. The van der Waals surface area contributed by atoms with Crippen LogP contribution in [0, 0.1) is 0 Å². The summed E-state index contributed by atoms with van der Waals surface area (Å²) in [5.74, 6) is 1.99. The summed E-state index contributed by atoms with van der Waals surface area (Å²) in [5, 5.41) is 3.20. The number of hydrogen-bond donors (Lipinski definition) is 3. The number of aromatic nitrogens is 2. The van der Waals surface area contributed by atoms with Crippen molar-refractivity contribution in [2.45, 2.75) is 44.6 Å². The lowest BCUT2D eigenvalue weighted by Crippen LogP contribution is -2.30. The summed E-state index contributed by atoms with van der Waals surface area (Å²) >= 11 is 0. The molecule has 2 aliphatic rings. The smallest absolute Gasteiger partial charge is 0.350 e. The molecule has 0 bridgehead atoms. The molecule has 3 heterocycles. The molecule has 166 valence electrons. The number of nitrogens with one attached hydrogen (secondary N) is 1. The van der Waals surface area contributed by atoms with E-state index >= 15 is 0 Å². The Balaban J connectivity index is 1.34. The normalized spacial score (nSPS) is 18.1. The van der Waals surface area contributed by atoms with E-state index < -0.39 is 0 Å². The zero-order valence-corrected chi connectivity index (χ0v) is 17.8. The summed E-state index contributed by atoms with van der Waals surface area (Å²) in [7, 11) is 0. The van der Waals surface area contributed by atoms with Crippen LogP contribution in [0.15, 0.2) is 40.2 Å². The number of ether oxygens (including phenoxy) is 1. The number of hydrogen-bond acceptors (Lipinski definition) is 6. The lowest BCUT2D eigenvalue weighted by molar-refractivity contribution is 0.273. The number of anilines is 2. The number of nitrogens with two attached hydrogens (primary N) is 2. The Kier molecular flexibility index (Phi) is 6.71. The lowest BCUT2D eigenvalue weighted by atomic mass is 10.1. The molecule has 1 fully saturated rings. The van der Waals surface area contributed by atoms with Crippen LogP contribution in [0.1, 0.15) is 44.6 Å². The van der Waals surface area contributed by atoms with Crippen molar-refractivity contribution >= 4 is 17.5 Å². The molecule has 1 aromatic carbocycles. The predicted molar refractivity (Wildman–Crippen MR) is 122 cm³/mol. The highest BCUT2D eigenvalue weighted by Gasteiger charge is 2.24. The van der Waals surface area contributed by atoms with Gasteiger partial charge >= 0.3 is 5.69 Å².